The maximum absolute atomic E-state index is 13.3. The maximum atomic E-state index is 13.3. The molecule has 2 rings (SSSR count). The van der Waals surface area contributed by atoms with Crippen molar-refractivity contribution in [1.82, 2.24) is 25.9 Å². The highest BCUT2D eigenvalue weighted by atomic mass is 16.4. The zero-order valence-electron chi connectivity index (χ0n) is 21.3. The number of rotatable bonds is 15. The fourth-order valence-corrected chi connectivity index (χ4v) is 3.71. The highest BCUT2D eigenvalue weighted by molar-refractivity contribution is 5.95. The summed E-state index contributed by atoms with van der Waals surface area (Å²) >= 11 is 0. The van der Waals surface area contributed by atoms with E-state index in [-0.39, 0.29) is 25.2 Å². The minimum atomic E-state index is -1.55. The molecular formula is C25H35N7O6. The fourth-order valence-electron chi connectivity index (χ4n) is 3.71. The third-order valence-corrected chi connectivity index (χ3v) is 5.61. The van der Waals surface area contributed by atoms with Crippen LogP contribution in [0.3, 0.4) is 0 Å². The lowest BCUT2D eigenvalue weighted by molar-refractivity contribution is -0.143. The monoisotopic (exact) mass is 529 g/mol. The second-order valence-corrected chi connectivity index (χ2v) is 9.40. The van der Waals surface area contributed by atoms with Crippen molar-refractivity contribution in [3.05, 3.63) is 54.1 Å². The van der Waals surface area contributed by atoms with Gasteiger partial charge in [0.25, 0.3) is 0 Å². The number of imidazole rings is 1. The number of amides is 4. The summed E-state index contributed by atoms with van der Waals surface area (Å²) in [6, 6.07) is 4.41. The summed E-state index contributed by atoms with van der Waals surface area (Å²) in [4.78, 5) is 68.6. The maximum Gasteiger partial charge on any atom is 0.326 e. The number of carboxylic acid groups (broad SMARTS) is 1. The topological polar surface area (TPSA) is 222 Å². The molecule has 4 amide bonds. The van der Waals surface area contributed by atoms with Gasteiger partial charge < -0.3 is 37.5 Å². The Bertz CT molecular complexity index is 1090. The lowest BCUT2D eigenvalue weighted by atomic mass is 10.0. The predicted molar refractivity (Wildman–Crippen MR) is 137 cm³/mol. The van der Waals surface area contributed by atoms with Gasteiger partial charge >= 0.3 is 5.97 Å². The molecule has 38 heavy (non-hydrogen) atoms. The van der Waals surface area contributed by atoms with E-state index in [4.69, 9.17) is 11.5 Å². The second-order valence-electron chi connectivity index (χ2n) is 9.40. The van der Waals surface area contributed by atoms with Crippen molar-refractivity contribution in [2.45, 2.75) is 63.7 Å². The van der Waals surface area contributed by atoms with Gasteiger partial charge in [0.1, 0.15) is 18.1 Å². The number of carbonyl (C=O) groups is 5. The molecule has 2 aromatic rings. The molecule has 0 saturated heterocycles. The van der Waals surface area contributed by atoms with Crippen molar-refractivity contribution >= 4 is 29.6 Å². The third kappa shape index (κ3) is 10.0. The number of hydrogen-bond donors (Lipinski definition) is 7. The Hall–Kier alpha value is -4.26. The van der Waals surface area contributed by atoms with Crippen LogP contribution in [0.25, 0.3) is 0 Å². The van der Waals surface area contributed by atoms with Gasteiger partial charge in [0, 0.05) is 18.3 Å². The van der Waals surface area contributed by atoms with Gasteiger partial charge in [-0.15, -0.1) is 0 Å². The Kier molecular flexibility index (Phi) is 11.4. The van der Waals surface area contributed by atoms with E-state index in [1.165, 1.54) is 12.5 Å². The minimum absolute atomic E-state index is 0.0328. The number of carbonyl (C=O) groups excluding carboxylic acids is 4. The van der Waals surface area contributed by atoms with Gasteiger partial charge in [-0.2, -0.15) is 0 Å². The summed E-state index contributed by atoms with van der Waals surface area (Å²) in [5.74, 6) is -4.45. The highest BCUT2D eigenvalue weighted by Gasteiger charge is 2.31. The largest absolute Gasteiger partial charge is 0.480 e. The highest BCUT2D eigenvalue weighted by Crippen LogP contribution is 2.09. The van der Waals surface area contributed by atoms with E-state index in [0.29, 0.717) is 5.69 Å². The van der Waals surface area contributed by atoms with E-state index in [0.717, 1.165) is 5.56 Å². The number of carboxylic acids is 1. The van der Waals surface area contributed by atoms with Crippen LogP contribution in [-0.2, 0) is 36.8 Å². The summed E-state index contributed by atoms with van der Waals surface area (Å²) in [6.45, 7) is 3.63. The van der Waals surface area contributed by atoms with Crippen LogP contribution in [0.4, 0.5) is 0 Å². The summed E-state index contributed by atoms with van der Waals surface area (Å²) < 4.78 is 0. The van der Waals surface area contributed by atoms with Gasteiger partial charge in [-0.25, -0.2) is 9.78 Å². The lowest BCUT2D eigenvalue weighted by Gasteiger charge is -2.26. The van der Waals surface area contributed by atoms with Crippen LogP contribution in [0, 0.1) is 5.92 Å². The van der Waals surface area contributed by atoms with Crippen molar-refractivity contribution < 1.29 is 29.1 Å². The van der Waals surface area contributed by atoms with Crippen LogP contribution in [0.5, 0.6) is 0 Å². The number of nitrogens with one attached hydrogen (secondary N) is 4. The van der Waals surface area contributed by atoms with Gasteiger partial charge in [-0.3, -0.25) is 19.2 Å². The van der Waals surface area contributed by atoms with Crippen molar-refractivity contribution in [1.29, 1.82) is 0 Å². The average Bonchev–Trinajstić information content (AvgIpc) is 3.35. The smallest absolute Gasteiger partial charge is 0.326 e. The molecule has 1 heterocycles. The van der Waals surface area contributed by atoms with Gasteiger partial charge in [-0.05, 0) is 24.3 Å². The molecule has 4 unspecified atom stereocenters. The van der Waals surface area contributed by atoms with Gasteiger partial charge in [0.15, 0.2) is 0 Å². The molecular weight excluding hydrogens is 494 g/mol. The SMILES string of the molecule is CC(C)CC(NC(=O)C(Cc1cnc[nH]1)NC(=O)C(N)Cc1ccccc1)C(=O)NC(CC(N)=O)C(=O)O. The van der Waals surface area contributed by atoms with Gasteiger partial charge in [0.2, 0.25) is 23.6 Å². The molecule has 9 N–H and O–H groups in total. The van der Waals surface area contributed by atoms with E-state index >= 15 is 0 Å². The molecule has 0 saturated carbocycles. The Morgan fingerprint density at radius 1 is 0.921 bits per heavy atom. The summed E-state index contributed by atoms with van der Waals surface area (Å²) in [5.41, 5.74) is 12.6. The molecule has 13 heteroatoms. The molecule has 13 nitrogen and oxygen atoms in total. The number of primary amides is 1. The number of benzene rings is 1. The number of aromatic amines is 1. The number of nitrogens with zero attached hydrogens (tertiary/aromatic N) is 1. The molecule has 1 aromatic carbocycles. The molecule has 1 aromatic heterocycles. The average molecular weight is 530 g/mol. The Morgan fingerprint density at radius 2 is 1.53 bits per heavy atom. The van der Waals surface area contributed by atoms with E-state index in [1.54, 1.807) is 0 Å². The molecule has 206 valence electrons. The Balaban J connectivity index is 2.17. The Morgan fingerprint density at radius 3 is 2.08 bits per heavy atom. The van der Waals surface area contributed by atoms with Crippen LogP contribution in [-0.4, -0.2) is 68.8 Å². The van der Waals surface area contributed by atoms with Crippen LogP contribution >= 0.6 is 0 Å². The minimum Gasteiger partial charge on any atom is -0.480 e. The normalized spacial score (nSPS) is 14.1. The third-order valence-electron chi connectivity index (χ3n) is 5.61. The number of nitrogens with two attached hydrogens (primary N) is 2. The Labute approximate surface area is 220 Å². The van der Waals surface area contributed by atoms with Crippen LogP contribution < -0.4 is 27.4 Å². The molecule has 0 spiro atoms. The summed E-state index contributed by atoms with van der Waals surface area (Å²) in [7, 11) is 0. The second kappa shape index (κ2) is 14.5. The first-order chi connectivity index (χ1) is 18.0. The number of H-pyrrole nitrogens is 1. The number of aromatic nitrogens is 2. The quantitative estimate of drug-likeness (QED) is 0.151. The van der Waals surface area contributed by atoms with E-state index in [2.05, 4.69) is 25.9 Å². The molecule has 4 atom stereocenters. The molecule has 0 radical (unpaired) electrons. The van der Waals surface area contributed by atoms with Crippen LogP contribution in [0.15, 0.2) is 42.9 Å². The van der Waals surface area contributed by atoms with E-state index in [9.17, 15) is 29.1 Å². The molecule has 0 aliphatic carbocycles. The standard InChI is InChI=1S/C25H35N7O6/c1-14(2)8-18(23(35)32-20(25(37)38)11-21(27)33)31-24(36)19(10-16-12-28-13-29-16)30-22(34)17(26)9-15-6-4-3-5-7-15/h3-7,12-14,17-20H,8-11,26H2,1-2H3,(H2,27,33)(H,28,29)(H,30,34)(H,31,36)(H,32,35)(H,37,38). The molecule has 0 aliphatic heterocycles. The zero-order chi connectivity index (χ0) is 28.2. The molecule has 0 bridgehead atoms. The first kappa shape index (κ1) is 30.0. The molecule has 0 aliphatic rings. The van der Waals surface area contributed by atoms with Gasteiger partial charge in [-0.1, -0.05) is 44.2 Å². The first-order valence-corrected chi connectivity index (χ1v) is 12.1. The summed E-state index contributed by atoms with van der Waals surface area (Å²) in [5, 5.41) is 16.8. The van der Waals surface area contributed by atoms with Crippen molar-refractivity contribution in [2.24, 2.45) is 17.4 Å². The van der Waals surface area contributed by atoms with E-state index < -0.39 is 60.2 Å². The number of aliphatic carboxylic acids is 1. The number of hydrogen-bond acceptors (Lipinski definition) is 7. The van der Waals surface area contributed by atoms with Crippen LogP contribution in [0.2, 0.25) is 0 Å². The first-order valence-electron chi connectivity index (χ1n) is 12.1. The van der Waals surface area contributed by atoms with Gasteiger partial charge in [0.05, 0.1) is 18.8 Å². The van der Waals surface area contributed by atoms with E-state index in [1.807, 2.05) is 44.2 Å². The van der Waals surface area contributed by atoms with Crippen molar-refractivity contribution in [2.75, 3.05) is 0 Å². The van der Waals surface area contributed by atoms with Crippen molar-refractivity contribution in [3.8, 4) is 0 Å². The lowest BCUT2D eigenvalue weighted by Crippen LogP contribution is -2.58. The zero-order valence-corrected chi connectivity index (χ0v) is 21.3. The predicted octanol–water partition coefficient (Wildman–Crippen LogP) is -1.02. The van der Waals surface area contributed by atoms with Crippen molar-refractivity contribution in [3.63, 3.8) is 0 Å². The molecule has 0 fully saturated rings. The van der Waals surface area contributed by atoms with Crippen LogP contribution in [0.1, 0.15) is 37.9 Å². The fraction of sp³-hybridized carbons (Fsp3) is 0.440. The summed E-state index contributed by atoms with van der Waals surface area (Å²) in [6.07, 6.45) is 2.76.